The fourth-order valence-electron chi connectivity index (χ4n) is 2.96. The predicted octanol–water partition coefficient (Wildman–Crippen LogP) is 3.19. The molecule has 0 spiro atoms. The number of aromatic nitrogens is 2. The van der Waals surface area contributed by atoms with Crippen molar-refractivity contribution in [2.75, 3.05) is 22.5 Å². The minimum absolute atomic E-state index is 0.239. The Morgan fingerprint density at radius 1 is 1.26 bits per heavy atom. The van der Waals surface area contributed by atoms with Crippen LogP contribution in [0.15, 0.2) is 30.6 Å². The van der Waals surface area contributed by atoms with Gasteiger partial charge in [0.1, 0.15) is 17.8 Å². The van der Waals surface area contributed by atoms with E-state index in [2.05, 4.69) is 27.1 Å². The lowest BCUT2D eigenvalue weighted by Gasteiger charge is -2.35. The molecule has 1 aromatic heterocycles. The van der Waals surface area contributed by atoms with Gasteiger partial charge in [0, 0.05) is 19.1 Å². The molecule has 1 aliphatic heterocycles. The van der Waals surface area contributed by atoms with Crippen molar-refractivity contribution in [2.45, 2.75) is 38.8 Å². The molecule has 1 aromatic carbocycles. The maximum atomic E-state index is 12.9. The minimum Gasteiger partial charge on any atom is -0.393 e. The summed E-state index contributed by atoms with van der Waals surface area (Å²) in [5.74, 6) is 1.18. The highest BCUT2D eigenvalue weighted by molar-refractivity contribution is 5.75. The molecule has 5 nitrogen and oxygen atoms in total. The monoisotopic (exact) mass is 315 g/mol. The first-order valence-corrected chi connectivity index (χ1v) is 8.00. The van der Waals surface area contributed by atoms with Crippen LogP contribution in [0, 0.1) is 5.82 Å². The topological polar surface area (TPSA) is 67.1 Å². The molecule has 1 atom stereocenters. The summed E-state index contributed by atoms with van der Waals surface area (Å²) < 4.78 is 12.9. The van der Waals surface area contributed by atoms with Gasteiger partial charge in [-0.05, 0) is 43.9 Å². The number of benzene rings is 1. The number of halogens is 1. The lowest BCUT2D eigenvalue weighted by Crippen LogP contribution is -2.38. The Morgan fingerprint density at radius 3 is 2.78 bits per heavy atom. The van der Waals surface area contributed by atoms with Crippen LogP contribution in [-0.4, -0.2) is 22.6 Å². The van der Waals surface area contributed by atoms with Crippen molar-refractivity contribution in [2.24, 2.45) is 0 Å². The summed E-state index contributed by atoms with van der Waals surface area (Å²) in [6, 6.07) is 6.81. The van der Waals surface area contributed by atoms with Crippen molar-refractivity contribution in [1.29, 1.82) is 0 Å². The largest absolute Gasteiger partial charge is 0.393 e. The van der Waals surface area contributed by atoms with Crippen LogP contribution < -0.4 is 16.0 Å². The van der Waals surface area contributed by atoms with E-state index in [1.54, 1.807) is 18.5 Å². The molecule has 1 unspecified atom stereocenters. The first-order valence-electron chi connectivity index (χ1n) is 8.00. The van der Waals surface area contributed by atoms with Gasteiger partial charge in [0.2, 0.25) is 0 Å². The van der Waals surface area contributed by atoms with Gasteiger partial charge in [0.25, 0.3) is 0 Å². The van der Waals surface area contributed by atoms with Crippen LogP contribution in [0.5, 0.6) is 0 Å². The number of nitrogens with one attached hydrogen (secondary N) is 1. The van der Waals surface area contributed by atoms with E-state index in [-0.39, 0.29) is 5.82 Å². The number of anilines is 3. The molecule has 6 heteroatoms. The zero-order valence-electron chi connectivity index (χ0n) is 13.3. The molecule has 0 aliphatic carbocycles. The second kappa shape index (κ2) is 6.81. The summed E-state index contributed by atoms with van der Waals surface area (Å²) in [5.41, 5.74) is 7.82. The molecule has 23 heavy (non-hydrogen) atoms. The third-order valence-electron chi connectivity index (χ3n) is 4.31. The van der Waals surface area contributed by atoms with Crippen molar-refractivity contribution >= 4 is 17.3 Å². The Bertz CT molecular complexity index is 659. The van der Waals surface area contributed by atoms with Crippen molar-refractivity contribution in [3.63, 3.8) is 0 Å². The lowest BCUT2D eigenvalue weighted by atomic mass is 10.0. The van der Waals surface area contributed by atoms with E-state index in [9.17, 15) is 4.39 Å². The molecule has 2 aromatic rings. The van der Waals surface area contributed by atoms with Gasteiger partial charge in [-0.15, -0.1) is 0 Å². The number of rotatable bonds is 4. The molecule has 1 aliphatic rings. The van der Waals surface area contributed by atoms with Gasteiger partial charge >= 0.3 is 0 Å². The van der Waals surface area contributed by atoms with Gasteiger partial charge in [-0.25, -0.2) is 14.4 Å². The summed E-state index contributed by atoms with van der Waals surface area (Å²) in [7, 11) is 0. The van der Waals surface area contributed by atoms with Crippen LogP contribution >= 0.6 is 0 Å². The number of nitrogen functional groups attached to an aromatic ring is 1. The summed E-state index contributed by atoms with van der Waals surface area (Å²) >= 11 is 0. The second-order valence-electron chi connectivity index (χ2n) is 5.98. The lowest BCUT2D eigenvalue weighted by molar-refractivity contribution is 0.481. The molecule has 1 fully saturated rings. The average molecular weight is 315 g/mol. The number of piperidine rings is 1. The molecule has 122 valence electrons. The fraction of sp³-hybridized carbons (Fsp3) is 0.412. The van der Waals surface area contributed by atoms with Gasteiger partial charge in [0.05, 0.1) is 0 Å². The predicted molar refractivity (Wildman–Crippen MR) is 90.8 cm³/mol. The van der Waals surface area contributed by atoms with E-state index < -0.39 is 0 Å². The zero-order chi connectivity index (χ0) is 16.2. The number of nitrogens with two attached hydrogens (primary N) is 1. The van der Waals surface area contributed by atoms with Crippen LogP contribution in [0.25, 0.3) is 0 Å². The normalized spacial score (nSPS) is 18.0. The second-order valence-corrected chi connectivity index (χ2v) is 5.98. The van der Waals surface area contributed by atoms with Crippen LogP contribution in [0.1, 0.15) is 31.7 Å². The van der Waals surface area contributed by atoms with Crippen molar-refractivity contribution < 1.29 is 4.39 Å². The molecule has 2 heterocycles. The molecule has 1 saturated heterocycles. The smallest absolute Gasteiger partial charge is 0.157 e. The summed E-state index contributed by atoms with van der Waals surface area (Å²) in [4.78, 5) is 10.9. The molecule has 0 saturated carbocycles. The first kappa shape index (κ1) is 15.5. The highest BCUT2D eigenvalue weighted by Crippen LogP contribution is 2.31. The van der Waals surface area contributed by atoms with Crippen molar-refractivity contribution in [3.8, 4) is 0 Å². The third-order valence-corrected chi connectivity index (χ3v) is 4.31. The van der Waals surface area contributed by atoms with E-state index in [0.717, 1.165) is 30.8 Å². The fourth-order valence-corrected chi connectivity index (χ4v) is 2.96. The van der Waals surface area contributed by atoms with E-state index >= 15 is 0 Å². The molecule has 0 bridgehead atoms. The van der Waals surface area contributed by atoms with Crippen LogP contribution in [0.4, 0.5) is 21.7 Å². The number of nitrogens with zero attached hydrogens (tertiary/aromatic N) is 3. The molecule has 0 radical (unpaired) electrons. The van der Waals surface area contributed by atoms with E-state index in [0.29, 0.717) is 24.1 Å². The highest BCUT2D eigenvalue weighted by Gasteiger charge is 2.22. The Labute approximate surface area is 135 Å². The van der Waals surface area contributed by atoms with E-state index in [1.165, 1.54) is 18.6 Å². The van der Waals surface area contributed by atoms with Crippen molar-refractivity contribution in [3.05, 3.63) is 42.0 Å². The third kappa shape index (κ3) is 3.52. The SMILES string of the molecule is CC1CCCCN1c1ncnc(NCc2ccc(F)cc2)c1N. The standard InChI is InChI=1S/C17H22FN5/c1-12-4-2-3-9-23(12)17-15(19)16(21-11-22-17)20-10-13-5-7-14(18)8-6-13/h5-8,11-12H,2-4,9-10,19H2,1H3,(H,20,21,22). The Hall–Kier alpha value is -2.37. The summed E-state index contributed by atoms with van der Waals surface area (Å²) in [5, 5.41) is 3.22. The van der Waals surface area contributed by atoms with Crippen LogP contribution in [0.3, 0.4) is 0 Å². The first-order chi connectivity index (χ1) is 11.1. The molecular formula is C17H22FN5. The van der Waals surface area contributed by atoms with Crippen LogP contribution in [-0.2, 0) is 6.54 Å². The Balaban J connectivity index is 1.75. The van der Waals surface area contributed by atoms with Gasteiger partial charge < -0.3 is 16.0 Å². The van der Waals surface area contributed by atoms with E-state index in [1.807, 2.05) is 0 Å². The molecule has 0 amide bonds. The maximum Gasteiger partial charge on any atom is 0.157 e. The average Bonchev–Trinajstić information content (AvgIpc) is 2.56. The Kier molecular flexibility index (Phi) is 4.60. The van der Waals surface area contributed by atoms with Gasteiger partial charge in [-0.3, -0.25) is 0 Å². The molecule has 3 rings (SSSR count). The van der Waals surface area contributed by atoms with Crippen molar-refractivity contribution in [1.82, 2.24) is 9.97 Å². The van der Waals surface area contributed by atoms with Gasteiger partial charge in [-0.1, -0.05) is 12.1 Å². The molecule has 3 N–H and O–H groups in total. The quantitative estimate of drug-likeness (QED) is 0.907. The summed E-state index contributed by atoms with van der Waals surface area (Å²) in [6.07, 6.45) is 5.10. The highest BCUT2D eigenvalue weighted by atomic mass is 19.1. The molecular weight excluding hydrogens is 293 g/mol. The van der Waals surface area contributed by atoms with E-state index in [4.69, 9.17) is 5.73 Å². The number of hydrogen-bond donors (Lipinski definition) is 2. The Morgan fingerprint density at radius 2 is 2.04 bits per heavy atom. The summed E-state index contributed by atoms with van der Waals surface area (Å²) in [6.45, 7) is 3.71. The number of hydrogen-bond acceptors (Lipinski definition) is 5. The van der Waals surface area contributed by atoms with Gasteiger partial charge in [-0.2, -0.15) is 0 Å². The maximum absolute atomic E-state index is 12.9. The van der Waals surface area contributed by atoms with Crippen LogP contribution in [0.2, 0.25) is 0 Å². The zero-order valence-corrected chi connectivity index (χ0v) is 13.3. The minimum atomic E-state index is -0.239. The van der Waals surface area contributed by atoms with Gasteiger partial charge in [0.15, 0.2) is 11.6 Å².